The molecule has 0 N–H and O–H groups in total. The second-order valence-corrected chi connectivity index (χ2v) is 6.85. The van der Waals surface area contributed by atoms with E-state index in [0.29, 0.717) is 17.8 Å². The fourth-order valence-electron chi connectivity index (χ4n) is 3.31. The number of nitrogens with zero attached hydrogens (tertiary/aromatic N) is 6. The van der Waals surface area contributed by atoms with E-state index in [9.17, 15) is 4.79 Å². The van der Waals surface area contributed by atoms with E-state index in [1.165, 1.54) is 6.39 Å². The minimum Gasteiger partial charge on any atom is -0.427 e. The van der Waals surface area contributed by atoms with E-state index in [4.69, 9.17) is 4.42 Å². The zero-order valence-corrected chi connectivity index (χ0v) is 15.0. The lowest BCUT2D eigenvalue weighted by atomic mass is 10.2. The van der Waals surface area contributed by atoms with Gasteiger partial charge in [0.05, 0.1) is 23.8 Å². The Morgan fingerprint density at radius 2 is 2.00 bits per heavy atom. The van der Waals surface area contributed by atoms with Crippen LogP contribution in [0, 0.1) is 0 Å². The molecule has 4 rings (SSSR count). The maximum Gasteiger partial charge on any atom is 0.261 e. The lowest BCUT2D eigenvalue weighted by Crippen LogP contribution is -2.46. The van der Waals surface area contributed by atoms with Gasteiger partial charge in [-0.05, 0) is 32.0 Å². The van der Waals surface area contributed by atoms with Crippen LogP contribution < -0.4 is 10.5 Å². The number of fused-ring (bicyclic) bond motifs is 1. The number of aromatic nitrogens is 4. The molecule has 3 heterocycles. The molecule has 1 saturated heterocycles. The zero-order chi connectivity index (χ0) is 18.1. The Kier molecular flexibility index (Phi) is 4.42. The van der Waals surface area contributed by atoms with Crippen LogP contribution in [0.1, 0.15) is 25.8 Å². The Balaban J connectivity index is 1.49. The molecule has 0 saturated carbocycles. The summed E-state index contributed by atoms with van der Waals surface area (Å²) in [4.78, 5) is 21.6. The second-order valence-electron chi connectivity index (χ2n) is 6.85. The summed E-state index contributed by atoms with van der Waals surface area (Å²) in [6.45, 7) is 8.30. The van der Waals surface area contributed by atoms with Crippen molar-refractivity contribution in [3.8, 4) is 0 Å². The minimum atomic E-state index is 0.0147. The molecule has 8 heteroatoms. The van der Waals surface area contributed by atoms with Crippen molar-refractivity contribution in [2.75, 3.05) is 31.1 Å². The molecule has 1 aromatic carbocycles. The Hall–Kier alpha value is -2.74. The highest BCUT2D eigenvalue weighted by Crippen LogP contribution is 2.21. The van der Waals surface area contributed by atoms with Gasteiger partial charge in [-0.1, -0.05) is 0 Å². The third-order valence-corrected chi connectivity index (χ3v) is 4.83. The maximum atomic E-state index is 12.5. The summed E-state index contributed by atoms with van der Waals surface area (Å²) in [5.74, 6) is 0.648. The summed E-state index contributed by atoms with van der Waals surface area (Å²) in [6.07, 6.45) is 3.00. The molecule has 8 nitrogen and oxygen atoms in total. The van der Waals surface area contributed by atoms with E-state index in [0.717, 1.165) is 37.4 Å². The number of hydrogen-bond acceptors (Lipinski definition) is 7. The number of rotatable bonds is 4. The Labute approximate surface area is 151 Å². The summed E-state index contributed by atoms with van der Waals surface area (Å²) < 4.78 is 6.88. The van der Waals surface area contributed by atoms with Gasteiger partial charge in [0.1, 0.15) is 0 Å². The quantitative estimate of drug-likeness (QED) is 0.705. The molecule has 0 bridgehead atoms. The summed E-state index contributed by atoms with van der Waals surface area (Å²) in [5.41, 5.74) is 1.86. The monoisotopic (exact) mass is 354 g/mol. The van der Waals surface area contributed by atoms with E-state index in [1.54, 1.807) is 10.9 Å². The van der Waals surface area contributed by atoms with Crippen LogP contribution in [0.15, 0.2) is 40.1 Å². The van der Waals surface area contributed by atoms with Crippen molar-refractivity contribution in [2.24, 2.45) is 0 Å². The zero-order valence-electron chi connectivity index (χ0n) is 15.0. The Bertz CT molecular complexity index is 942. The van der Waals surface area contributed by atoms with E-state index in [1.807, 2.05) is 32.0 Å². The van der Waals surface area contributed by atoms with E-state index >= 15 is 0 Å². The lowest BCUT2D eigenvalue weighted by Gasteiger charge is -2.35. The Morgan fingerprint density at radius 3 is 2.69 bits per heavy atom. The summed E-state index contributed by atoms with van der Waals surface area (Å²) in [5, 5.41) is 8.32. The number of anilines is 1. The molecule has 0 aliphatic carbocycles. The molecule has 3 aromatic rings. The van der Waals surface area contributed by atoms with Crippen LogP contribution in [0.5, 0.6) is 0 Å². The van der Waals surface area contributed by atoms with Crippen LogP contribution in [-0.4, -0.2) is 50.8 Å². The highest BCUT2D eigenvalue weighted by molar-refractivity contribution is 5.81. The predicted molar refractivity (Wildman–Crippen MR) is 98.2 cm³/mol. The summed E-state index contributed by atoms with van der Waals surface area (Å²) in [6, 6.07) is 6.02. The van der Waals surface area contributed by atoms with Gasteiger partial charge in [-0.15, -0.1) is 10.2 Å². The molecule has 0 amide bonds. The molecule has 1 aliphatic rings. The molecule has 136 valence electrons. The van der Waals surface area contributed by atoms with Crippen LogP contribution >= 0.6 is 0 Å². The van der Waals surface area contributed by atoms with Gasteiger partial charge >= 0.3 is 0 Å². The number of hydrogen-bond donors (Lipinski definition) is 0. The average Bonchev–Trinajstić information content (AvgIpc) is 3.15. The topological polar surface area (TPSA) is 80.3 Å². The molecule has 0 spiro atoms. The third kappa shape index (κ3) is 3.20. The van der Waals surface area contributed by atoms with Crippen molar-refractivity contribution < 1.29 is 4.42 Å². The highest BCUT2D eigenvalue weighted by atomic mass is 16.4. The van der Waals surface area contributed by atoms with Crippen LogP contribution in [0.2, 0.25) is 0 Å². The van der Waals surface area contributed by atoms with Gasteiger partial charge in [0.25, 0.3) is 5.56 Å². The van der Waals surface area contributed by atoms with E-state index < -0.39 is 0 Å². The van der Waals surface area contributed by atoms with Crippen LogP contribution in [0.25, 0.3) is 10.9 Å². The van der Waals surface area contributed by atoms with Crippen molar-refractivity contribution >= 4 is 16.6 Å². The lowest BCUT2D eigenvalue weighted by molar-refractivity contribution is 0.226. The molecular formula is C18H22N6O2. The molecule has 1 aliphatic heterocycles. The summed E-state index contributed by atoms with van der Waals surface area (Å²) in [7, 11) is 0. The predicted octanol–water partition coefficient (Wildman–Crippen LogP) is 1.68. The first kappa shape index (κ1) is 16.7. The second kappa shape index (κ2) is 6.87. The largest absolute Gasteiger partial charge is 0.427 e. The normalized spacial score (nSPS) is 15.9. The Morgan fingerprint density at radius 1 is 1.19 bits per heavy atom. The fraction of sp³-hybridized carbons (Fsp3) is 0.444. The van der Waals surface area contributed by atoms with Crippen molar-refractivity contribution in [2.45, 2.75) is 26.4 Å². The van der Waals surface area contributed by atoms with Crippen molar-refractivity contribution in [3.63, 3.8) is 0 Å². The highest BCUT2D eigenvalue weighted by Gasteiger charge is 2.19. The molecule has 0 unspecified atom stereocenters. The molecule has 26 heavy (non-hydrogen) atoms. The first-order valence-corrected chi connectivity index (χ1v) is 8.85. The van der Waals surface area contributed by atoms with Crippen molar-refractivity contribution in [1.82, 2.24) is 24.6 Å². The first-order chi connectivity index (χ1) is 12.6. The third-order valence-electron chi connectivity index (χ3n) is 4.83. The molecule has 0 atom stereocenters. The van der Waals surface area contributed by atoms with Gasteiger partial charge in [-0.2, -0.15) is 0 Å². The van der Waals surface area contributed by atoms with Crippen molar-refractivity contribution in [3.05, 3.63) is 47.2 Å². The number of benzene rings is 1. The van der Waals surface area contributed by atoms with Gasteiger partial charge in [-0.3, -0.25) is 14.3 Å². The minimum absolute atomic E-state index is 0.0147. The standard InChI is InChI=1S/C18H22N6O2/c1-13(2)24-11-19-16-9-14(3-4-15(16)18(24)25)23-7-5-22(6-8-23)10-17-21-20-12-26-17/h3-4,9,11-13H,5-8,10H2,1-2H3. The van der Waals surface area contributed by atoms with Gasteiger partial charge in [0.2, 0.25) is 12.3 Å². The smallest absolute Gasteiger partial charge is 0.261 e. The van der Waals surface area contributed by atoms with Crippen LogP contribution in [0.3, 0.4) is 0 Å². The molecular weight excluding hydrogens is 332 g/mol. The SMILES string of the molecule is CC(C)n1cnc2cc(N3CCN(Cc4nnco4)CC3)ccc2c1=O. The molecule has 0 radical (unpaired) electrons. The van der Waals surface area contributed by atoms with Crippen LogP contribution in [-0.2, 0) is 6.54 Å². The van der Waals surface area contributed by atoms with Gasteiger partial charge in [0, 0.05) is 37.9 Å². The average molecular weight is 354 g/mol. The van der Waals surface area contributed by atoms with Gasteiger partial charge < -0.3 is 9.32 Å². The van der Waals surface area contributed by atoms with Gasteiger partial charge in [-0.25, -0.2) is 4.98 Å². The van der Waals surface area contributed by atoms with E-state index in [-0.39, 0.29) is 11.6 Å². The summed E-state index contributed by atoms with van der Waals surface area (Å²) >= 11 is 0. The van der Waals surface area contributed by atoms with Gasteiger partial charge in [0.15, 0.2) is 0 Å². The molecule has 2 aromatic heterocycles. The maximum absolute atomic E-state index is 12.5. The van der Waals surface area contributed by atoms with Crippen molar-refractivity contribution in [1.29, 1.82) is 0 Å². The first-order valence-electron chi connectivity index (χ1n) is 8.85. The van der Waals surface area contributed by atoms with Crippen LogP contribution in [0.4, 0.5) is 5.69 Å². The molecule has 1 fully saturated rings. The number of piperazine rings is 1. The fourth-order valence-corrected chi connectivity index (χ4v) is 3.31. The van der Waals surface area contributed by atoms with E-state index in [2.05, 4.69) is 25.0 Å².